The van der Waals surface area contributed by atoms with E-state index in [1.807, 2.05) is 64.1 Å². The zero-order valence-electron chi connectivity index (χ0n) is 18.2. The molecule has 0 spiro atoms. The van der Waals surface area contributed by atoms with Crippen LogP contribution in [0.2, 0.25) is 0 Å². The van der Waals surface area contributed by atoms with E-state index in [1.165, 1.54) is 11.3 Å². The molecule has 32 heavy (non-hydrogen) atoms. The molecule has 0 saturated heterocycles. The largest absolute Gasteiger partial charge is 0.491 e. The predicted octanol–water partition coefficient (Wildman–Crippen LogP) is 5.40. The van der Waals surface area contributed by atoms with Crippen LogP contribution in [0.25, 0.3) is 11.0 Å². The lowest BCUT2D eigenvalue weighted by molar-refractivity contribution is 0.0971. The topological polar surface area (TPSA) is 72.6 Å². The quantitative estimate of drug-likeness (QED) is 0.419. The molecule has 0 saturated carbocycles. The van der Waals surface area contributed by atoms with Crippen LogP contribution in [0.3, 0.4) is 0 Å². The number of rotatable bonds is 4. The smallest absolute Gasteiger partial charge is 0.297 e. The van der Waals surface area contributed by atoms with Crippen molar-refractivity contribution in [3.63, 3.8) is 0 Å². The van der Waals surface area contributed by atoms with Gasteiger partial charge in [0.1, 0.15) is 11.3 Å². The summed E-state index contributed by atoms with van der Waals surface area (Å²) in [4.78, 5) is 33.1. The Kier molecular flexibility index (Phi) is 4.86. The van der Waals surface area contributed by atoms with Gasteiger partial charge in [0, 0.05) is 11.6 Å². The molecule has 4 aromatic rings. The van der Waals surface area contributed by atoms with Gasteiger partial charge < -0.3 is 9.15 Å². The number of carbonyl (C=O) groups is 1. The molecule has 0 fully saturated rings. The molecule has 3 heterocycles. The maximum absolute atomic E-state index is 13.7. The highest BCUT2D eigenvalue weighted by molar-refractivity contribution is 7.13. The number of benzene rings is 2. The molecule has 0 aliphatic carbocycles. The van der Waals surface area contributed by atoms with Crippen molar-refractivity contribution < 1.29 is 13.9 Å². The van der Waals surface area contributed by atoms with Crippen molar-refractivity contribution >= 4 is 33.3 Å². The summed E-state index contributed by atoms with van der Waals surface area (Å²) in [5.74, 6) is 0.377. The molecule has 0 radical (unpaired) electrons. The normalized spacial score (nSPS) is 15.6. The fraction of sp³-hybridized carbons (Fsp3) is 0.240. The van der Waals surface area contributed by atoms with Crippen molar-refractivity contribution in [2.45, 2.75) is 39.8 Å². The van der Waals surface area contributed by atoms with Crippen molar-refractivity contribution in [2.24, 2.45) is 0 Å². The Morgan fingerprint density at radius 3 is 2.62 bits per heavy atom. The van der Waals surface area contributed by atoms with Gasteiger partial charge in [0.05, 0.1) is 23.1 Å². The van der Waals surface area contributed by atoms with Gasteiger partial charge in [-0.25, -0.2) is 4.98 Å². The fourth-order valence-electron chi connectivity index (χ4n) is 4.11. The number of aryl methyl sites for hydroxylation is 2. The number of carbonyl (C=O) groups excluding carboxylic acids is 1. The number of fused-ring (bicyclic) bond motifs is 2. The molecule has 5 rings (SSSR count). The van der Waals surface area contributed by atoms with Gasteiger partial charge in [-0.3, -0.25) is 14.5 Å². The molecule has 1 aliphatic rings. The van der Waals surface area contributed by atoms with Crippen LogP contribution < -0.4 is 15.1 Å². The van der Waals surface area contributed by atoms with Crippen LogP contribution in [-0.4, -0.2) is 17.0 Å². The van der Waals surface area contributed by atoms with Crippen molar-refractivity contribution in [3.8, 4) is 5.75 Å². The summed E-state index contributed by atoms with van der Waals surface area (Å²) in [5.41, 5.74) is 3.31. The minimum absolute atomic E-state index is 0.00181. The Labute approximate surface area is 189 Å². The molecule has 6 nitrogen and oxygen atoms in total. The van der Waals surface area contributed by atoms with E-state index in [2.05, 4.69) is 4.98 Å². The monoisotopic (exact) mass is 446 g/mol. The maximum Gasteiger partial charge on any atom is 0.297 e. The summed E-state index contributed by atoms with van der Waals surface area (Å²) in [6.45, 7) is 7.81. The number of nitrogens with zero attached hydrogens (tertiary/aromatic N) is 2. The number of amides is 1. The van der Waals surface area contributed by atoms with Crippen molar-refractivity contribution in [1.82, 2.24) is 4.98 Å². The molecule has 0 N–H and O–H groups in total. The highest BCUT2D eigenvalue weighted by Gasteiger charge is 2.44. The van der Waals surface area contributed by atoms with Crippen molar-refractivity contribution in [2.75, 3.05) is 4.90 Å². The first-order valence-corrected chi connectivity index (χ1v) is 11.3. The summed E-state index contributed by atoms with van der Waals surface area (Å²) < 4.78 is 11.9. The minimum Gasteiger partial charge on any atom is -0.491 e. The van der Waals surface area contributed by atoms with Crippen molar-refractivity contribution in [1.29, 1.82) is 0 Å². The standard InChI is InChI=1S/C25H22N2O4S/c1-13(2)30-17-7-5-6-16(12-17)21-20-22(28)18-10-14(3)15(4)11-19(18)31-23(20)24(29)27(21)25-26-8-9-32-25/h5-13,21H,1-4H3. The average Bonchev–Trinajstić information content (AvgIpc) is 3.36. The Hall–Kier alpha value is -3.45. The molecule has 7 heteroatoms. The Balaban J connectivity index is 1.78. The van der Waals surface area contributed by atoms with Crippen LogP contribution >= 0.6 is 11.3 Å². The average molecular weight is 447 g/mol. The lowest BCUT2D eigenvalue weighted by Gasteiger charge is -2.23. The predicted molar refractivity (Wildman–Crippen MR) is 125 cm³/mol. The summed E-state index contributed by atoms with van der Waals surface area (Å²) in [6, 6.07) is 10.5. The van der Waals surface area contributed by atoms with Gasteiger partial charge in [0.25, 0.3) is 5.91 Å². The van der Waals surface area contributed by atoms with E-state index in [4.69, 9.17) is 9.15 Å². The summed E-state index contributed by atoms with van der Waals surface area (Å²) in [7, 11) is 0. The summed E-state index contributed by atoms with van der Waals surface area (Å²) in [6.07, 6.45) is 1.64. The molecular formula is C25H22N2O4S. The van der Waals surface area contributed by atoms with Gasteiger partial charge in [-0.15, -0.1) is 11.3 Å². The SMILES string of the molecule is Cc1cc2oc3c(c(=O)c2cc1C)C(c1cccc(OC(C)C)c1)N(c1nccs1)C3=O. The van der Waals surface area contributed by atoms with Crippen LogP contribution in [0.15, 0.2) is 57.2 Å². The van der Waals surface area contributed by atoms with E-state index >= 15 is 0 Å². The third-order valence-electron chi connectivity index (χ3n) is 5.66. The summed E-state index contributed by atoms with van der Waals surface area (Å²) in [5, 5.41) is 2.79. The molecule has 2 aromatic carbocycles. The number of thiazole rings is 1. The second kappa shape index (κ2) is 7.60. The minimum atomic E-state index is -0.651. The first-order valence-electron chi connectivity index (χ1n) is 10.4. The molecule has 1 unspecified atom stereocenters. The molecule has 1 aliphatic heterocycles. The number of anilines is 1. The fourth-order valence-corrected chi connectivity index (χ4v) is 4.77. The van der Waals surface area contributed by atoms with Gasteiger partial charge in [-0.05, 0) is 68.7 Å². The summed E-state index contributed by atoms with van der Waals surface area (Å²) >= 11 is 1.34. The first-order chi connectivity index (χ1) is 15.3. The van der Waals surface area contributed by atoms with Crippen LogP contribution in [-0.2, 0) is 0 Å². The van der Waals surface area contributed by atoms with E-state index in [0.717, 1.165) is 16.7 Å². The zero-order chi connectivity index (χ0) is 22.6. The van der Waals surface area contributed by atoms with Gasteiger partial charge in [-0.2, -0.15) is 0 Å². The molecule has 2 aromatic heterocycles. The van der Waals surface area contributed by atoms with Crippen LogP contribution in [0, 0.1) is 13.8 Å². The van der Waals surface area contributed by atoms with E-state index in [9.17, 15) is 9.59 Å². The Morgan fingerprint density at radius 2 is 1.91 bits per heavy atom. The third-order valence-corrected chi connectivity index (χ3v) is 6.43. The number of aromatic nitrogens is 1. The molecule has 162 valence electrons. The van der Waals surface area contributed by atoms with E-state index in [0.29, 0.717) is 27.4 Å². The third kappa shape index (κ3) is 3.20. The number of hydrogen-bond acceptors (Lipinski definition) is 6. The van der Waals surface area contributed by atoms with E-state index < -0.39 is 6.04 Å². The van der Waals surface area contributed by atoms with Crippen LogP contribution in [0.4, 0.5) is 5.13 Å². The van der Waals surface area contributed by atoms with Crippen LogP contribution in [0.5, 0.6) is 5.75 Å². The van der Waals surface area contributed by atoms with E-state index in [1.54, 1.807) is 16.5 Å². The molecule has 1 atom stereocenters. The molecule has 0 bridgehead atoms. The lowest BCUT2D eigenvalue weighted by atomic mass is 9.97. The molecule has 1 amide bonds. The van der Waals surface area contributed by atoms with Gasteiger partial charge in [-0.1, -0.05) is 12.1 Å². The van der Waals surface area contributed by atoms with Crippen LogP contribution in [0.1, 0.15) is 52.7 Å². The first kappa shape index (κ1) is 20.5. The Bertz CT molecular complexity index is 1410. The highest BCUT2D eigenvalue weighted by Crippen LogP contribution is 2.42. The van der Waals surface area contributed by atoms with Gasteiger partial charge in [0.15, 0.2) is 10.6 Å². The van der Waals surface area contributed by atoms with E-state index in [-0.39, 0.29) is 23.2 Å². The number of ether oxygens (including phenoxy) is 1. The maximum atomic E-state index is 13.7. The Morgan fingerprint density at radius 1 is 1.12 bits per heavy atom. The van der Waals surface area contributed by atoms with Crippen molar-refractivity contribution in [3.05, 3.63) is 86.2 Å². The highest BCUT2D eigenvalue weighted by atomic mass is 32.1. The molecular weight excluding hydrogens is 424 g/mol. The van der Waals surface area contributed by atoms with Gasteiger partial charge >= 0.3 is 0 Å². The lowest BCUT2D eigenvalue weighted by Crippen LogP contribution is -2.29. The number of hydrogen-bond donors (Lipinski definition) is 0. The zero-order valence-corrected chi connectivity index (χ0v) is 19.0. The second-order valence-corrected chi connectivity index (χ2v) is 9.11. The second-order valence-electron chi connectivity index (χ2n) is 8.24. The van der Waals surface area contributed by atoms with Gasteiger partial charge in [0.2, 0.25) is 5.76 Å².